The van der Waals surface area contributed by atoms with E-state index in [0.717, 1.165) is 42.2 Å². The van der Waals surface area contributed by atoms with E-state index in [1.807, 2.05) is 42.5 Å². The van der Waals surface area contributed by atoms with Crippen LogP contribution in [0.3, 0.4) is 0 Å². The van der Waals surface area contributed by atoms with Gasteiger partial charge in [0.1, 0.15) is 5.75 Å². The average Bonchev–Trinajstić information content (AvgIpc) is 3.08. The molecule has 0 atom stereocenters. The zero-order valence-electron chi connectivity index (χ0n) is 14.8. The monoisotopic (exact) mass is 336 g/mol. The Kier molecular flexibility index (Phi) is 5.86. The lowest BCUT2D eigenvalue weighted by Gasteiger charge is -2.11. The molecule has 3 aromatic rings. The van der Waals surface area contributed by atoms with Gasteiger partial charge < -0.3 is 14.1 Å². The van der Waals surface area contributed by atoms with Gasteiger partial charge in [0.25, 0.3) is 0 Å². The predicted molar refractivity (Wildman–Crippen MR) is 99.9 cm³/mol. The quantitative estimate of drug-likeness (QED) is 0.576. The maximum Gasteiger partial charge on any atom is 0.181 e. The third kappa shape index (κ3) is 4.94. The van der Waals surface area contributed by atoms with E-state index in [1.165, 1.54) is 12.0 Å². The fraction of sp³-hybridized carbons (Fsp3) is 0.286. The van der Waals surface area contributed by atoms with Crippen LogP contribution in [0.1, 0.15) is 17.7 Å². The van der Waals surface area contributed by atoms with Gasteiger partial charge in [-0.05, 0) is 38.2 Å². The third-order valence-electron chi connectivity index (χ3n) is 3.97. The number of rotatable bonds is 8. The number of oxazole rings is 1. The first-order valence-electron chi connectivity index (χ1n) is 8.56. The molecular formula is C21H24N2O2. The van der Waals surface area contributed by atoms with E-state index in [2.05, 4.69) is 36.1 Å². The summed E-state index contributed by atoms with van der Waals surface area (Å²) in [5.41, 5.74) is 3.15. The first-order chi connectivity index (χ1) is 12.2. The second kappa shape index (κ2) is 8.49. The molecule has 0 saturated heterocycles. The number of hydrogen-bond acceptors (Lipinski definition) is 4. The zero-order chi connectivity index (χ0) is 17.5. The Morgan fingerprint density at radius 3 is 2.68 bits per heavy atom. The van der Waals surface area contributed by atoms with E-state index in [-0.39, 0.29) is 0 Å². The second-order valence-electron chi connectivity index (χ2n) is 6.32. The van der Waals surface area contributed by atoms with E-state index in [4.69, 9.17) is 9.15 Å². The van der Waals surface area contributed by atoms with Crippen LogP contribution in [0.2, 0.25) is 0 Å². The Morgan fingerprint density at radius 1 is 1.04 bits per heavy atom. The molecule has 0 fully saturated rings. The van der Waals surface area contributed by atoms with Crippen LogP contribution < -0.4 is 4.74 Å². The Morgan fingerprint density at radius 2 is 1.88 bits per heavy atom. The van der Waals surface area contributed by atoms with Gasteiger partial charge in [0.15, 0.2) is 12.2 Å². The van der Waals surface area contributed by atoms with Crippen molar-refractivity contribution in [1.29, 1.82) is 0 Å². The van der Waals surface area contributed by atoms with Crippen molar-refractivity contribution in [2.75, 3.05) is 27.2 Å². The first-order valence-corrected chi connectivity index (χ1v) is 8.56. The molecule has 130 valence electrons. The third-order valence-corrected chi connectivity index (χ3v) is 3.97. The van der Waals surface area contributed by atoms with Crippen molar-refractivity contribution in [3.05, 3.63) is 72.2 Å². The van der Waals surface area contributed by atoms with E-state index in [9.17, 15) is 0 Å². The molecule has 0 bridgehead atoms. The molecule has 25 heavy (non-hydrogen) atoms. The van der Waals surface area contributed by atoms with Gasteiger partial charge in [-0.1, -0.05) is 42.5 Å². The second-order valence-corrected chi connectivity index (χ2v) is 6.32. The van der Waals surface area contributed by atoms with Crippen LogP contribution in [-0.4, -0.2) is 37.1 Å². The topological polar surface area (TPSA) is 38.5 Å². The summed E-state index contributed by atoms with van der Waals surface area (Å²) in [6.45, 7) is 1.72. The van der Waals surface area contributed by atoms with Gasteiger partial charge in [0, 0.05) is 18.5 Å². The summed E-state index contributed by atoms with van der Waals surface area (Å²) in [4.78, 5) is 6.56. The van der Waals surface area contributed by atoms with Crippen molar-refractivity contribution >= 4 is 0 Å². The van der Waals surface area contributed by atoms with E-state index < -0.39 is 0 Å². The maximum atomic E-state index is 5.86. The van der Waals surface area contributed by atoms with Crippen LogP contribution in [-0.2, 0) is 6.42 Å². The molecule has 4 nitrogen and oxygen atoms in total. The first kappa shape index (κ1) is 17.2. The molecule has 0 aliphatic heterocycles. The summed E-state index contributed by atoms with van der Waals surface area (Å²) < 4.78 is 11.5. The number of hydrogen-bond donors (Lipinski definition) is 0. The summed E-state index contributed by atoms with van der Waals surface area (Å²) in [5.74, 6) is 1.67. The Hall–Kier alpha value is -2.59. The minimum absolute atomic E-state index is 0.703. The van der Waals surface area contributed by atoms with Gasteiger partial charge in [-0.2, -0.15) is 0 Å². The van der Waals surface area contributed by atoms with Crippen LogP contribution >= 0.6 is 0 Å². The fourth-order valence-electron chi connectivity index (χ4n) is 2.72. The molecule has 0 unspecified atom stereocenters. The molecule has 0 aliphatic carbocycles. The summed E-state index contributed by atoms with van der Waals surface area (Å²) in [7, 11) is 4.14. The molecule has 1 heterocycles. The fourth-order valence-corrected chi connectivity index (χ4v) is 2.72. The molecule has 0 saturated carbocycles. The largest absolute Gasteiger partial charge is 0.494 e. The zero-order valence-corrected chi connectivity index (χ0v) is 14.8. The predicted octanol–water partition coefficient (Wildman–Crippen LogP) is 4.26. The average molecular weight is 336 g/mol. The van der Waals surface area contributed by atoms with Gasteiger partial charge >= 0.3 is 0 Å². The van der Waals surface area contributed by atoms with Crippen LogP contribution in [0.4, 0.5) is 0 Å². The highest BCUT2D eigenvalue weighted by atomic mass is 16.5. The Labute approximate surface area is 149 Å². The summed E-state index contributed by atoms with van der Waals surface area (Å²) in [6.07, 6.45) is 3.26. The lowest BCUT2D eigenvalue weighted by molar-refractivity contribution is 0.281. The molecule has 0 N–H and O–H groups in total. The van der Waals surface area contributed by atoms with Gasteiger partial charge in [-0.15, -0.1) is 0 Å². The van der Waals surface area contributed by atoms with Crippen LogP contribution in [0.25, 0.3) is 11.3 Å². The highest BCUT2D eigenvalue weighted by molar-refractivity contribution is 5.62. The number of benzene rings is 2. The molecule has 0 spiro atoms. The molecule has 0 aliphatic rings. The van der Waals surface area contributed by atoms with Gasteiger partial charge in [-0.25, -0.2) is 4.98 Å². The van der Waals surface area contributed by atoms with Crippen molar-refractivity contribution in [2.45, 2.75) is 12.8 Å². The molecular weight excluding hydrogens is 312 g/mol. The maximum absolute atomic E-state index is 5.86. The summed E-state index contributed by atoms with van der Waals surface area (Å²) in [5, 5.41) is 0. The van der Waals surface area contributed by atoms with Gasteiger partial charge in [0.05, 0.1) is 12.3 Å². The lowest BCUT2D eigenvalue weighted by atomic mass is 10.1. The number of ether oxygens (including phenoxy) is 1. The Bertz CT molecular complexity index is 781. The van der Waals surface area contributed by atoms with E-state index >= 15 is 0 Å². The highest BCUT2D eigenvalue weighted by Gasteiger charge is 2.12. The van der Waals surface area contributed by atoms with Crippen molar-refractivity contribution in [3.63, 3.8) is 0 Å². The number of nitrogens with zero attached hydrogens (tertiary/aromatic N) is 2. The lowest BCUT2D eigenvalue weighted by Crippen LogP contribution is -2.15. The highest BCUT2D eigenvalue weighted by Crippen LogP contribution is 2.28. The minimum atomic E-state index is 0.703. The summed E-state index contributed by atoms with van der Waals surface area (Å²) >= 11 is 0. The molecule has 1 aromatic heterocycles. The standard InChI is InChI=1S/C21H24N2O2/c1-23(2)12-7-13-24-19-11-6-10-18(15-19)21-20(22-16-25-21)14-17-8-4-3-5-9-17/h3-6,8-11,15-16H,7,12-14H2,1-2H3. The summed E-state index contributed by atoms with van der Waals surface area (Å²) in [6, 6.07) is 18.3. The molecule has 0 amide bonds. The van der Waals surface area contributed by atoms with Crippen molar-refractivity contribution in [1.82, 2.24) is 9.88 Å². The van der Waals surface area contributed by atoms with Crippen LogP contribution in [0.15, 0.2) is 65.4 Å². The smallest absolute Gasteiger partial charge is 0.181 e. The minimum Gasteiger partial charge on any atom is -0.494 e. The normalized spacial score (nSPS) is 11.0. The van der Waals surface area contributed by atoms with Crippen LogP contribution in [0.5, 0.6) is 5.75 Å². The van der Waals surface area contributed by atoms with Crippen LogP contribution in [0, 0.1) is 0 Å². The molecule has 4 heteroatoms. The van der Waals surface area contributed by atoms with Gasteiger partial charge in [0.2, 0.25) is 0 Å². The van der Waals surface area contributed by atoms with E-state index in [0.29, 0.717) is 6.61 Å². The SMILES string of the molecule is CN(C)CCCOc1cccc(-c2ocnc2Cc2ccccc2)c1. The van der Waals surface area contributed by atoms with Crippen molar-refractivity contribution < 1.29 is 9.15 Å². The van der Waals surface area contributed by atoms with Gasteiger partial charge in [-0.3, -0.25) is 0 Å². The van der Waals surface area contributed by atoms with Crippen molar-refractivity contribution in [2.24, 2.45) is 0 Å². The Balaban J connectivity index is 1.70. The molecule has 0 radical (unpaired) electrons. The van der Waals surface area contributed by atoms with Crippen molar-refractivity contribution in [3.8, 4) is 17.1 Å². The molecule has 3 rings (SSSR count). The van der Waals surface area contributed by atoms with E-state index in [1.54, 1.807) is 0 Å². The number of aromatic nitrogens is 1. The molecule has 2 aromatic carbocycles.